The minimum atomic E-state index is 0.175. The van der Waals surface area contributed by atoms with Crippen LogP contribution in [0.4, 0.5) is 0 Å². The van der Waals surface area contributed by atoms with E-state index in [1.807, 2.05) is 6.07 Å². The Hall–Kier alpha value is -1.70. The summed E-state index contributed by atoms with van der Waals surface area (Å²) in [6.45, 7) is 0. The van der Waals surface area contributed by atoms with E-state index in [2.05, 4.69) is 40.3 Å². The summed E-state index contributed by atoms with van der Waals surface area (Å²) in [6.07, 6.45) is 7.50. The maximum atomic E-state index is 4.50. The molecule has 0 bridgehead atoms. The van der Waals surface area contributed by atoms with E-state index in [1.54, 1.807) is 6.34 Å². The number of nitrogens with zero attached hydrogens (tertiary/aromatic N) is 2. The van der Waals surface area contributed by atoms with E-state index in [-0.39, 0.29) is 6.04 Å². The lowest BCUT2D eigenvalue weighted by Crippen LogP contribution is -2.17. The van der Waals surface area contributed by atoms with Crippen LogP contribution in [0, 0.1) is 0 Å². The Morgan fingerprint density at radius 1 is 1.12 bits per heavy atom. The Bertz CT molecular complexity index is 469. The molecule has 0 saturated heterocycles. The number of benzene rings is 1. The smallest absolute Gasteiger partial charge is 0.111 e. The van der Waals surface area contributed by atoms with Gasteiger partial charge >= 0.3 is 0 Å². The molecule has 1 heterocycles. The first-order chi connectivity index (χ1) is 7.95. The summed E-state index contributed by atoms with van der Waals surface area (Å²) in [5.41, 5.74) is 3.81. The molecule has 0 radical (unpaired) electrons. The molecule has 2 aliphatic rings. The predicted octanol–water partition coefficient (Wildman–Crippen LogP) is 3.32. The average molecular weight is 210 g/mol. The van der Waals surface area contributed by atoms with Crippen LogP contribution >= 0.6 is 0 Å². The Morgan fingerprint density at radius 2 is 2.00 bits per heavy atom. The predicted molar refractivity (Wildman–Crippen MR) is 67.0 cm³/mol. The number of hydrogen-bond acceptors (Lipinski definition) is 2. The molecule has 1 aromatic rings. The van der Waals surface area contributed by atoms with Crippen molar-refractivity contribution >= 4 is 12.1 Å². The second-order valence-corrected chi connectivity index (χ2v) is 4.21. The van der Waals surface area contributed by atoms with E-state index < -0.39 is 0 Å². The van der Waals surface area contributed by atoms with E-state index in [0.29, 0.717) is 0 Å². The van der Waals surface area contributed by atoms with Crippen LogP contribution < -0.4 is 0 Å². The first kappa shape index (κ1) is 9.52. The first-order valence-electron chi connectivity index (χ1n) is 5.79. The van der Waals surface area contributed by atoms with Crippen molar-refractivity contribution in [1.29, 1.82) is 0 Å². The van der Waals surface area contributed by atoms with Gasteiger partial charge in [-0.15, -0.1) is 0 Å². The highest BCUT2D eigenvalue weighted by Crippen LogP contribution is 2.32. The van der Waals surface area contributed by atoms with Crippen LogP contribution in [0.5, 0.6) is 0 Å². The van der Waals surface area contributed by atoms with Gasteiger partial charge in [-0.1, -0.05) is 36.4 Å². The van der Waals surface area contributed by atoms with E-state index >= 15 is 0 Å². The fraction of sp³-hybridized carbons (Fsp3) is 0.286. The Balaban J connectivity index is 2.01. The van der Waals surface area contributed by atoms with Gasteiger partial charge in [0.25, 0.3) is 0 Å². The molecule has 1 unspecified atom stereocenters. The summed E-state index contributed by atoms with van der Waals surface area (Å²) in [6, 6.07) is 10.6. The Labute approximate surface area is 95.4 Å². The van der Waals surface area contributed by atoms with Gasteiger partial charge in [-0.2, -0.15) is 0 Å². The number of rotatable bonds is 1. The van der Waals surface area contributed by atoms with Crippen LogP contribution in [-0.2, 0) is 0 Å². The molecule has 0 fully saturated rings. The third-order valence-corrected chi connectivity index (χ3v) is 3.15. The highest BCUT2D eigenvalue weighted by atomic mass is 14.9. The number of allylic oxidation sites excluding steroid dienone is 1. The van der Waals surface area contributed by atoms with Gasteiger partial charge in [-0.05, 0) is 30.4 Å². The van der Waals surface area contributed by atoms with Crippen molar-refractivity contribution in [3.05, 3.63) is 47.5 Å². The number of hydrogen-bond donors (Lipinski definition) is 0. The molecule has 3 rings (SSSR count). The molecule has 80 valence electrons. The third-order valence-electron chi connectivity index (χ3n) is 3.15. The summed E-state index contributed by atoms with van der Waals surface area (Å²) in [7, 11) is 0. The summed E-state index contributed by atoms with van der Waals surface area (Å²) >= 11 is 0. The van der Waals surface area contributed by atoms with Crippen LogP contribution in [0.2, 0.25) is 0 Å². The molecule has 1 atom stereocenters. The molecular weight excluding hydrogens is 196 g/mol. The minimum absolute atomic E-state index is 0.175. The number of fused-ring (bicyclic) bond motifs is 1. The van der Waals surface area contributed by atoms with Crippen LogP contribution in [0.15, 0.2) is 52.0 Å². The van der Waals surface area contributed by atoms with E-state index in [1.165, 1.54) is 23.3 Å². The second kappa shape index (κ2) is 4.05. The highest BCUT2D eigenvalue weighted by molar-refractivity contribution is 6.06. The van der Waals surface area contributed by atoms with Crippen LogP contribution in [0.1, 0.15) is 30.9 Å². The molecular formula is C14H14N2. The van der Waals surface area contributed by atoms with Gasteiger partial charge in [0, 0.05) is 5.71 Å². The van der Waals surface area contributed by atoms with E-state index in [9.17, 15) is 0 Å². The van der Waals surface area contributed by atoms with E-state index in [4.69, 9.17) is 0 Å². The van der Waals surface area contributed by atoms with Crippen LogP contribution in [-0.4, -0.2) is 12.1 Å². The third kappa shape index (κ3) is 1.60. The minimum Gasteiger partial charge on any atom is -0.261 e. The molecule has 1 aromatic carbocycles. The summed E-state index contributed by atoms with van der Waals surface area (Å²) in [4.78, 5) is 8.89. The van der Waals surface area contributed by atoms with Crippen molar-refractivity contribution in [3.8, 4) is 0 Å². The fourth-order valence-electron chi connectivity index (χ4n) is 2.35. The molecule has 0 aromatic heterocycles. The lowest BCUT2D eigenvalue weighted by atomic mass is 9.88. The van der Waals surface area contributed by atoms with Gasteiger partial charge in [0.05, 0.1) is 0 Å². The molecule has 1 aliphatic heterocycles. The van der Waals surface area contributed by atoms with Crippen LogP contribution in [0.3, 0.4) is 0 Å². The zero-order chi connectivity index (χ0) is 10.8. The Kier molecular flexibility index (Phi) is 2.41. The molecule has 1 aliphatic carbocycles. The van der Waals surface area contributed by atoms with Crippen molar-refractivity contribution in [2.45, 2.75) is 25.3 Å². The standard InChI is InChI=1S/C14H14N2/c1-2-6-11(7-3-1)14-12-8-4-5-9-13(12)15-10-16-14/h1-3,6-8,10,14H,4-5,9H2. The van der Waals surface area contributed by atoms with Crippen molar-refractivity contribution in [3.63, 3.8) is 0 Å². The van der Waals surface area contributed by atoms with Gasteiger partial charge in [-0.25, -0.2) is 4.99 Å². The Morgan fingerprint density at radius 3 is 2.88 bits per heavy atom. The topological polar surface area (TPSA) is 24.7 Å². The first-order valence-corrected chi connectivity index (χ1v) is 5.79. The number of aliphatic imine (C=N–C) groups is 2. The zero-order valence-corrected chi connectivity index (χ0v) is 9.13. The summed E-state index contributed by atoms with van der Waals surface area (Å²) in [5, 5.41) is 0. The molecule has 0 amide bonds. The molecule has 2 heteroatoms. The summed E-state index contributed by atoms with van der Waals surface area (Å²) < 4.78 is 0. The van der Waals surface area contributed by atoms with Gasteiger partial charge in [0.2, 0.25) is 0 Å². The summed E-state index contributed by atoms with van der Waals surface area (Å²) in [5.74, 6) is 0. The van der Waals surface area contributed by atoms with Gasteiger partial charge in [0.1, 0.15) is 12.4 Å². The van der Waals surface area contributed by atoms with E-state index in [0.717, 1.165) is 12.8 Å². The maximum absolute atomic E-state index is 4.50. The lowest BCUT2D eigenvalue weighted by Gasteiger charge is -2.24. The maximum Gasteiger partial charge on any atom is 0.111 e. The van der Waals surface area contributed by atoms with Gasteiger partial charge in [-0.3, -0.25) is 4.99 Å². The van der Waals surface area contributed by atoms with Crippen LogP contribution in [0.25, 0.3) is 0 Å². The van der Waals surface area contributed by atoms with Crippen molar-refractivity contribution in [2.24, 2.45) is 9.98 Å². The average Bonchev–Trinajstić information content (AvgIpc) is 2.39. The normalized spacial score (nSPS) is 23.4. The molecule has 0 N–H and O–H groups in total. The fourth-order valence-corrected chi connectivity index (χ4v) is 2.35. The lowest BCUT2D eigenvalue weighted by molar-refractivity contribution is 0.797. The molecule has 0 saturated carbocycles. The molecule has 16 heavy (non-hydrogen) atoms. The van der Waals surface area contributed by atoms with Gasteiger partial charge < -0.3 is 0 Å². The zero-order valence-electron chi connectivity index (χ0n) is 9.13. The monoisotopic (exact) mass is 210 g/mol. The largest absolute Gasteiger partial charge is 0.261 e. The highest BCUT2D eigenvalue weighted by Gasteiger charge is 2.23. The molecule has 0 spiro atoms. The quantitative estimate of drug-likeness (QED) is 0.679. The SMILES string of the molecule is C1=NC(c2ccccc2)C2=CCCCC2=N1. The molecule has 2 nitrogen and oxygen atoms in total. The second-order valence-electron chi connectivity index (χ2n) is 4.21. The van der Waals surface area contributed by atoms with Gasteiger partial charge in [0.15, 0.2) is 0 Å². The van der Waals surface area contributed by atoms with Crippen molar-refractivity contribution < 1.29 is 0 Å². The van der Waals surface area contributed by atoms with Crippen molar-refractivity contribution in [2.75, 3.05) is 0 Å². The van der Waals surface area contributed by atoms with Crippen molar-refractivity contribution in [1.82, 2.24) is 0 Å².